The third-order valence-electron chi connectivity index (χ3n) is 5.20. The molecule has 9 heteroatoms. The van der Waals surface area contributed by atoms with Crippen molar-refractivity contribution in [1.29, 1.82) is 0 Å². The van der Waals surface area contributed by atoms with Gasteiger partial charge in [0.2, 0.25) is 0 Å². The molecule has 4 aromatic rings. The van der Waals surface area contributed by atoms with Gasteiger partial charge < -0.3 is 9.15 Å². The van der Waals surface area contributed by atoms with Crippen molar-refractivity contribution in [2.24, 2.45) is 0 Å². The number of aryl methyl sites for hydroxylation is 1. The van der Waals surface area contributed by atoms with Crippen molar-refractivity contribution >= 4 is 32.8 Å². The minimum atomic E-state index is -3.76. The third kappa shape index (κ3) is 4.68. The molecule has 0 spiro atoms. The van der Waals surface area contributed by atoms with Gasteiger partial charge in [0.25, 0.3) is 10.0 Å². The molecule has 1 heterocycles. The van der Waals surface area contributed by atoms with Crippen LogP contribution in [-0.4, -0.2) is 32.6 Å². The Hall–Kier alpha value is -3.85. The fourth-order valence-corrected chi connectivity index (χ4v) is 4.59. The number of ether oxygens (including phenoxy) is 1. The lowest BCUT2D eigenvalue weighted by Gasteiger charge is -2.19. The van der Waals surface area contributed by atoms with E-state index in [1.54, 1.807) is 48.5 Å². The standard InChI is InChI=1S/C24H22N2O6S/c1-25(19-8-3-2-4-9-19)33(29,30)20-14-12-18(13-15-20)23(27)31-17-7-16-26-21-10-5-6-11-22(21)32-24(26)28/h2-6,8-15H,7,16-17H2,1H3. The lowest BCUT2D eigenvalue weighted by Crippen LogP contribution is -2.26. The number of carbonyl (C=O) groups is 1. The number of nitrogens with zero attached hydrogens (tertiary/aromatic N) is 2. The summed E-state index contributed by atoms with van der Waals surface area (Å²) < 4.78 is 38.8. The van der Waals surface area contributed by atoms with E-state index in [2.05, 4.69) is 0 Å². The average Bonchev–Trinajstić information content (AvgIpc) is 3.16. The van der Waals surface area contributed by atoms with Crippen LogP contribution in [0.25, 0.3) is 11.1 Å². The van der Waals surface area contributed by atoms with Crippen LogP contribution in [0.1, 0.15) is 16.8 Å². The summed E-state index contributed by atoms with van der Waals surface area (Å²) in [5.41, 5.74) is 1.96. The molecular formula is C24H22N2O6S. The SMILES string of the molecule is CN(c1ccccc1)S(=O)(=O)c1ccc(C(=O)OCCCn2c(=O)oc3ccccc32)cc1. The van der Waals surface area contributed by atoms with Crippen LogP contribution in [0.15, 0.2) is 93.0 Å². The molecular weight excluding hydrogens is 444 g/mol. The first-order valence-electron chi connectivity index (χ1n) is 10.3. The smallest absolute Gasteiger partial charge is 0.419 e. The number of para-hydroxylation sites is 3. The van der Waals surface area contributed by atoms with Crippen LogP contribution in [0.5, 0.6) is 0 Å². The maximum Gasteiger partial charge on any atom is 0.419 e. The van der Waals surface area contributed by atoms with Gasteiger partial charge in [0.1, 0.15) is 0 Å². The molecule has 0 radical (unpaired) electrons. The van der Waals surface area contributed by atoms with Gasteiger partial charge in [-0.05, 0) is 55.0 Å². The molecule has 0 fully saturated rings. The largest absolute Gasteiger partial charge is 0.462 e. The minimum Gasteiger partial charge on any atom is -0.462 e. The molecule has 0 unspecified atom stereocenters. The second-order valence-corrected chi connectivity index (χ2v) is 9.28. The maximum absolute atomic E-state index is 12.8. The van der Waals surface area contributed by atoms with Crippen LogP contribution in [0.2, 0.25) is 0 Å². The molecule has 1 aromatic heterocycles. The number of hydrogen-bond donors (Lipinski definition) is 0. The Kier molecular flexibility index (Phi) is 6.32. The average molecular weight is 467 g/mol. The molecule has 0 aliphatic rings. The van der Waals surface area contributed by atoms with Crippen molar-refractivity contribution in [3.05, 3.63) is 95.0 Å². The van der Waals surface area contributed by atoms with E-state index in [1.807, 2.05) is 6.07 Å². The fraction of sp³-hybridized carbons (Fsp3) is 0.167. The molecule has 3 aromatic carbocycles. The Morgan fingerprint density at radius 1 is 0.970 bits per heavy atom. The van der Waals surface area contributed by atoms with Crippen LogP contribution in [0, 0.1) is 0 Å². The van der Waals surface area contributed by atoms with Crippen LogP contribution in [0.3, 0.4) is 0 Å². The van der Waals surface area contributed by atoms with E-state index in [9.17, 15) is 18.0 Å². The summed E-state index contributed by atoms with van der Waals surface area (Å²) in [4.78, 5) is 24.4. The third-order valence-corrected chi connectivity index (χ3v) is 7.00. The molecule has 0 amide bonds. The van der Waals surface area contributed by atoms with Gasteiger partial charge in [-0.25, -0.2) is 18.0 Å². The van der Waals surface area contributed by atoms with Gasteiger partial charge >= 0.3 is 11.7 Å². The Labute approximate surface area is 190 Å². The van der Waals surface area contributed by atoms with Crippen LogP contribution in [-0.2, 0) is 21.3 Å². The highest BCUT2D eigenvalue weighted by atomic mass is 32.2. The molecule has 4 rings (SSSR count). The predicted molar refractivity (Wildman–Crippen MR) is 124 cm³/mol. The molecule has 0 atom stereocenters. The summed E-state index contributed by atoms with van der Waals surface area (Å²) in [6, 6.07) is 21.4. The molecule has 0 saturated heterocycles. The van der Waals surface area contributed by atoms with E-state index in [4.69, 9.17) is 9.15 Å². The van der Waals surface area contributed by atoms with E-state index < -0.39 is 21.7 Å². The van der Waals surface area contributed by atoms with Crippen molar-refractivity contribution in [2.45, 2.75) is 17.9 Å². The molecule has 0 N–H and O–H groups in total. The fourth-order valence-electron chi connectivity index (χ4n) is 3.39. The molecule has 0 aliphatic heterocycles. The molecule has 170 valence electrons. The van der Waals surface area contributed by atoms with Gasteiger partial charge in [-0.3, -0.25) is 8.87 Å². The zero-order chi connectivity index (χ0) is 23.4. The molecule has 0 aliphatic carbocycles. The lowest BCUT2D eigenvalue weighted by molar-refractivity contribution is 0.0495. The Morgan fingerprint density at radius 2 is 1.64 bits per heavy atom. The van der Waals surface area contributed by atoms with E-state index in [1.165, 1.54) is 40.2 Å². The van der Waals surface area contributed by atoms with Crippen LogP contribution >= 0.6 is 0 Å². The van der Waals surface area contributed by atoms with Crippen molar-refractivity contribution < 1.29 is 22.4 Å². The number of aromatic nitrogens is 1. The number of benzene rings is 3. The number of anilines is 1. The number of sulfonamides is 1. The number of oxazole rings is 1. The summed E-state index contributed by atoms with van der Waals surface area (Å²) in [6.07, 6.45) is 0.420. The number of hydrogen-bond acceptors (Lipinski definition) is 6. The zero-order valence-corrected chi connectivity index (χ0v) is 18.7. The van der Waals surface area contributed by atoms with Crippen LogP contribution < -0.4 is 10.1 Å². The summed E-state index contributed by atoms with van der Waals surface area (Å²) in [5, 5.41) is 0. The predicted octanol–water partition coefficient (Wildman–Crippen LogP) is 3.67. The number of carbonyl (C=O) groups excluding carboxylic acids is 1. The second-order valence-electron chi connectivity index (χ2n) is 7.31. The molecule has 33 heavy (non-hydrogen) atoms. The summed E-state index contributed by atoms with van der Waals surface area (Å²) >= 11 is 0. The summed E-state index contributed by atoms with van der Waals surface area (Å²) in [6.45, 7) is 0.438. The monoisotopic (exact) mass is 466 g/mol. The van der Waals surface area contributed by atoms with Gasteiger partial charge in [-0.1, -0.05) is 30.3 Å². The molecule has 0 saturated carbocycles. The van der Waals surface area contributed by atoms with E-state index >= 15 is 0 Å². The van der Waals surface area contributed by atoms with Crippen LogP contribution in [0.4, 0.5) is 5.69 Å². The summed E-state index contributed by atoms with van der Waals surface area (Å²) in [5.74, 6) is -1.03. The van der Waals surface area contributed by atoms with Gasteiger partial charge in [-0.2, -0.15) is 0 Å². The van der Waals surface area contributed by atoms with Crippen molar-refractivity contribution in [3.63, 3.8) is 0 Å². The first-order valence-corrected chi connectivity index (χ1v) is 11.7. The van der Waals surface area contributed by atoms with E-state index in [0.29, 0.717) is 29.8 Å². The number of fused-ring (bicyclic) bond motifs is 1. The first kappa shape index (κ1) is 22.3. The second kappa shape index (κ2) is 9.33. The minimum absolute atomic E-state index is 0.0663. The topological polar surface area (TPSA) is 98.8 Å². The normalized spacial score (nSPS) is 11.4. The molecule has 8 nitrogen and oxygen atoms in total. The Balaban J connectivity index is 1.35. The van der Waals surface area contributed by atoms with Gasteiger partial charge in [0, 0.05) is 13.6 Å². The number of rotatable bonds is 8. The highest BCUT2D eigenvalue weighted by Crippen LogP contribution is 2.22. The maximum atomic E-state index is 12.8. The zero-order valence-electron chi connectivity index (χ0n) is 17.9. The quantitative estimate of drug-likeness (QED) is 0.290. The highest BCUT2D eigenvalue weighted by Gasteiger charge is 2.21. The van der Waals surface area contributed by atoms with E-state index in [-0.39, 0.29) is 17.1 Å². The van der Waals surface area contributed by atoms with Crippen molar-refractivity contribution in [3.8, 4) is 0 Å². The van der Waals surface area contributed by atoms with Gasteiger partial charge in [0.05, 0.1) is 28.3 Å². The highest BCUT2D eigenvalue weighted by molar-refractivity contribution is 7.92. The van der Waals surface area contributed by atoms with E-state index in [0.717, 1.165) is 0 Å². The summed E-state index contributed by atoms with van der Waals surface area (Å²) in [7, 11) is -2.29. The first-order chi connectivity index (χ1) is 15.9. The Morgan fingerprint density at radius 3 is 2.36 bits per heavy atom. The van der Waals surface area contributed by atoms with Crippen molar-refractivity contribution in [2.75, 3.05) is 18.0 Å². The van der Waals surface area contributed by atoms with Crippen molar-refractivity contribution in [1.82, 2.24) is 4.57 Å². The molecule has 0 bridgehead atoms. The Bertz CT molecular complexity index is 1420. The van der Waals surface area contributed by atoms with Gasteiger partial charge in [-0.15, -0.1) is 0 Å². The lowest BCUT2D eigenvalue weighted by atomic mass is 10.2. The number of esters is 1. The van der Waals surface area contributed by atoms with Gasteiger partial charge in [0.15, 0.2) is 5.58 Å².